The third-order valence-electron chi connectivity index (χ3n) is 3.36. The summed E-state index contributed by atoms with van der Waals surface area (Å²) in [7, 11) is 1.84. The summed E-state index contributed by atoms with van der Waals surface area (Å²) in [4.78, 5) is 4.05. The molecule has 2 aromatic rings. The third-order valence-corrected chi connectivity index (χ3v) is 3.36. The maximum absolute atomic E-state index is 14.2. The summed E-state index contributed by atoms with van der Waals surface area (Å²) in [6.07, 6.45) is 4.23. The summed E-state index contributed by atoms with van der Waals surface area (Å²) >= 11 is 0. The van der Waals surface area contributed by atoms with Crippen LogP contribution in [0.1, 0.15) is 36.2 Å². The van der Waals surface area contributed by atoms with Crippen LogP contribution in [0.5, 0.6) is 0 Å². The number of aromatic nitrogens is 2. The van der Waals surface area contributed by atoms with Crippen LogP contribution < -0.4 is 5.32 Å². The molecule has 1 unspecified atom stereocenters. The van der Waals surface area contributed by atoms with Crippen molar-refractivity contribution in [3.63, 3.8) is 0 Å². The summed E-state index contributed by atoms with van der Waals surface area (Å²) in [6, 6.07) is 2.83. The van der Waals surface area contributed by atoms with Crippen molar-refractivity contribution >= 4 is 0 Å². The molecule has 0 fully saturated rings. The molecule has 1 atom stereocenters. The number of nitrogens with zero attached hydrogens (tertiary/aromatic N) is 2. The molecule has 2 rings (SSSR count). The van der Waals surface area contributed by atoms with Gasteiger partial charge < -0.3 is 9.88 Å². The molecular weight excluding hydrogens is 260 g/mol. The van der Waals surface area contributed by atoms with Gasteiger partial charge in [0.25, 0.3) is 0 Å². The predicted molar refractivity (Wildman–Crippen MR) is 74.4 cm³/mol. The number of rotatable bonds is 5. The zero-order valence-corrected chi connectivity index (χ0v) is 12.0. The Balaban J connectivity index is 2.47. The summed E-state index contributed by atoms with van der Waals surface area (Å²) in [5.41, 5.74) is 1.43. The Labute approximate surface area is 117 Å². The van der Waals surface area contributed by atoms with E-state index in [-0.39, 0.29) is 0 Å². The molecule has 0 amide bonds. The molecule has 0 aliphatic heterocycles. The van der Waals surface area contributed by atoms with E-state index in [1.807, 2.05) is 18.5 Å². The SMILES string of the molecule is CCCNC(c1ccc(C)c(F)c1F)c1cncn1C. The van der Waals surface area contributed by atoms with E-state index in [0.29, 0.717) is 17.7 Å². The van der Waals surface area contributed by atoms with Crippen LogP contribution in [-0.2, 0) is 7.05 Å². The van der Waals surface area contributed by atoms with Crippen LogP contribution >= 0.6 is 0 Å². The molecule has 0 saturated carbocycles. The van der Waals surface area contributed by atoms with Gasteiger partial charge in [0.2, 0.25) is 0 Å². The molecule has 1 aromatic heterocycles. The Bertz CT molecular complexity index is 593. The van der Waals surface area contributed by atoms with Gasteiger partial charge in [0.05, 0.1) is 24.3 Å². The molecular formula is C15H19F2N3. The van der Waals surface area contributed by atoms with Crippen molar-refractivity contribution in [3.8, 4) is 0 Å². The second-order valence-electron chi connectivity index (χ2n) is 4.92. The number of aryl methyl sites for hydroxylation is 2. The van der Waals surface area contributed by atoms with E-state index in [4.69, 9.17) is 0 Å². The summed E-state index contributed by atoms with van der Waals surface area (Å²) in [6.45, 7) is 4.30. The maximum atomic E-state index is 14.2. The molecule has 1 aromatic carbocycles. The average molecular weight is 279 g/mol. The second-order valence-corrected chi connectivity index (χ2v) is 4.92. The van der Waals surface area contributed by atoms with Crippen molar-refractivity contribution in [1.82, 2.24) is 14.9 Å². The highest BCUT2D eigenvalue weighted by molar-refractivity contribution is 5.32. The van der Waals surface area contributed by atoms with Gasteiger partial charge >= 0.3 is 0 Å². The van der Waals surface area contributed by atoms with Crippen molar-refractivity contribution < 1.29 is 8.78 Å². The lowest BCUT2D eigenvalue weighted by atomic mass is 10.0. The predicted octanol–water partition coefficient (Wildman–Crippen LogP) is 3.10. The van der Waals surface area contributed by atoms with Gasteiger partial charge in [-0.2, -0.15) is 0 Å². The number of halogens is 2. The van der Waals surface area contributed by atoms with Gasteiger partial charge in [-0.1, -0.05) is 19.1 Å². The van der Waals surface area contributed by atoms with Gasteiger partial charge in [0.1, 0.15) is 0 Å². The minimum Gasteiger partial charge on any atom is -0.336 e. The molecule has 0 bridgehead atoms. The van der Waals surface area contributed by atoms with Gasteiger partial charge in [0.15, 0.2) is 11.6 Å². The molecule has 1 heterocycles. The van der Waals surface area contributed by atoms with E-state index < -0.39 is 17.7 Å². The Morgan fingerprint density at radius 3 is 2.65 bits per heavy atom. The topological polar surface area (TPSA) is 29.9 Å². The molecule has 0 spiro atoms. The highest BCUT2D eigenvalue weighted by Gasteiger charge is 2.22. The number of nitrogens with one attached hydrogen (secondary N) is 1. The molecule has 0 radical (unpaired) electrons. The molecule has 108 valence electrons. The van der Waals surface area contributed by atoms with Gasteiger partial charge in [-0.25, -0.2) is 13.8 Å². The zero-order chi connectivity index (χ0) is 14.7. The van der Waals surface area contributed by atoms with Crippen molar-refractivity contribution in [1.29, 1.82) is 0 Å². The van der Waals surface area contributed by atoms with Gasteiger partial charge in [0, 0.05) is 12.6 Å². The van der Waals surface area contributed by atoms with E-state index >= 15 is 0 Å². The number of benzene rings is 1. The first kappa shape index (κ1) is 14.7. The average Bonchev–Trinajstić information content (AvgIpc) is 2.85. The molecule has 5 heteroatoms. The molecule has 0 aliphatic carbocycles. The van der Waals surface area contributed by atoms with E-state index in [2.05, 4.69) is 10.3 Å². The highest BCUT2D eigenvalue weighted by atomic mass is 19.2. The quantitative estimate of drug-likeness (QED) is 0.911. The molecule has 3 nitrogen and oxygen atoms in total. The van der Waals surface area contributed by atoms with Crippen molar-refractivity contribution in [2.75, 3.05) is 6.54 Å². The Morgan fingerprint density at radius 1 is 1.30 bits per heavy atom. The smallest absolute Gasteiger partial charge is 0.164 e. The van der Waals surface area contributed by atoms with Crippen molar-refractivity contribution in [2.24, 2.45) is 7.05 Å². The van der Waals surface area contributed by atoms with Crippen molar-refractivity contribution in [2.45, 2.75) is 26.3 Å². The van der Waals surface area contributed by atoms with Crippen LogP contribution in [0.4, 0.5) is 8.78 Å². The lowest BCUT2D eigenvalue weighted by Crippen LogP contribution is -2.26. The lowest BCUT2D eigenvalue weighted by Gasteiger charge is -2.20. The van der Waals surface area contributed by atoms with Crippen LogP contribution in [0.15, 0.2) is 24.7 Å². The monoisotopic (exact) mass is 279 g/mol. The van der Waals surface area contributed by atoms with Gasteiger partial charge in [-0.15, -0.1) is 0 Å². The molecule has 0 aliphatic rings. The third kappa shape index (κ3) is 2.72. The van der Waals surface area contributed by atoms with Crippen LogP contribution in [0, 0.1) is 18.6 Å². The minimum atomic E-state index is -0.792. The van der Waals surface area contributed by atoms with Crippen LogP contribution in [0.3, 0.4) is 0 Å². The number of hydrogen-bond acceptors (Lipinski definition) is 2. The molecule has 1 N–H and O–H groups in total. The van der Waals surface area contributed by atoms with E-state index in [0.717, 1.165) is 12.1 Å². The second kappa shape index (κ2) is 6.13. The lowest BCUT2D eigenvalue weighted by molar-refractivity contribution is 0.471. The fourth-order valence-corrected chi connectivity index (χ4v) is 2.19. The summed E-state index contributed by atoms with van der Waals surface area (Å²) in [5, 5.41) is 3.25. The van der Waals surface area contributed by atoms with E-state index in [1.165, 1.54) is 0 Å². The fraction of sp³-hybridized carbons (Fsp3) is 0.400. The highest BCUT2D eigenvalue weighted by Crippen LogP contribution is 2.26. The minimum absolute atomic E-state index is 0.310. The Kier molecular flexibility index (Phi) is 4.49. The number of imidazole rings is 1. The first-order chi connectivity index (χ1) is 9.56. The standard InChI is InChI=1S/C15H19F2N3/c1-4-7-19-15(12-8-18-9-20(12)3)11-6-5-10(2)13(16)14(11)17/h5-6,8-9,15,19H,4,7H2,1-3H3. The van der Waals surface area contributed by atoms with Gasteiger partial charge in [-0.3, -0.25) is 0 Å². The normalized spacial score (nSPS) is 12.7. The van der Waals surface area contributed by atoms with Crippen LogP contribution in [-0.4, -0.2) is 16.1 Å². The van der Waals surface area contributed by atoms with Crippen LogP contribution in [0.25, 0.3) is 0 Å². The van der Waals surface area contributed by atoms with E-state index in [9.17, 15) is 8.78 Å². The summed E-state index contributed by atoms with van der Waals surface area (Å²) in [5.74, 6) is -1.58. The van der Waals surface area contributed by atoms with Crippen molar-refractivity contribution in [3.05, 3.63) is 53.1 Å². The first-order valence-electron chi connectivity index (χ1n) is 6.70. The largest absolute Gasteiger partial charge is 0.336 e. The maximum Gasteiger partial charge on any atom is 0.164 e. The molecule has 20 heavy (non-hydrogen) atoms. The van der Waals surface area contributed by atoms with Crippen LogP contribution in [0.2, 0.25) is 0 Å². The zero-order valence-electron chi connectivity index (χ0n) is 12.0. The van der Waals surface area contributed by atoms with Gasteiger partial charge in [-0.05, 0) is 25.5 Å². The van der Waals surface area contributed by atoms with E-state index in [1.54, 1.807) is 31.6 Å². The number of hydrogen-bond donors (Lipinski definition) is 1. The Morgan fingerprint density at radius 2 is 2.05 bits per heavy atom. The summed E-state index contributed by atoms with van der Waals surface area (Å²) < 4.78 is 29.8. The fourth-order valence-electron chi connectivity index (χ4n) is 2.19. The first-order valence-corrected chi connectivity index (χ1v) is 6.70. The molecule has 0 saturated heterocycles. The Hall–Kier alpha value is -1.75.